The maximum absolute atomic E-state index is 4.08. The molecule has 1 unspecified atom stereocenters. The van der Waals surface area contributed by atoms with Gasteiger partial charge in [-0.15, -0.1) is 10.2 Å². The molecule has 2 rings (SSSR count). The van der Waals surface area contributed by atoms with Crippen molar-refractivity contribution in [3.8, 4) is 0 Å². The number of hydrogen-bond donors (Lipinski definition) is 1. The Morgan fingerprint density at radius 1 is 1.67 bits per heavy atom. The molecule has 1 atom stereocenters. The van der Waals surface area contributed by atoms with Crippen molar-refractivity contribution < 1.29 is 0 Å². The van der Waals surface area contributed by atoms with Crippen molar-refractivity contribution in [3.05, 3.63) is 12.2 Å². The summed E-state index contributed by atoms with van der Waals surface area (Å²) < 4.78 is 1.97. The van der Waals surface area contributed by atoms with E-state index < -0.39 is 0 Å². The molecule has 1 fully saturated rings. The van der Waals surface area contributed by atoms with Crippen LogP contribution in [0.2, 0.25) is 0 Å². The van der Waals surface area contributed by atoms with Crippen LogP contribution in [0.1, 0.15) is 18.7 Å². The Labute approximate surface area is 90.5 Å². The van der Waals surface area contributed by atoms with Gasteiger partial charge in [-0.3, -0.25) is 4.90 Å². The molecule has 0 radical (unpaired) electrons. The molecule has 0 amide bonds. The Morgan fingerprint density at radius 2 is 2.53 bits per heavy atom. The molecule has 1 aromatic heterocycles. The monoisotopic (exact) mass is 209 g/mol. The van der Waals surface area contributed by atoms with Gasteiger partial charge in [-0.25, -0.2) is 0 Å². The van der Waals surface area contributed by atoms with E-state index in [1.165, 1.54) is 19.4 Å². The van der Waals surface area contributed by atoms with Gasteiger partial charge in [0.1, 0.15) is 12.2 Å². The molecule has 1 N–H and O–H groups in total. The van der Waals surface area contributed by atoms with E-state index in [0.717, 1.165) is 18.9 Å². The number of rotatable bonds is 4. The van der Waals surface area contributed by atoms with Crippen LogP contribution in [0.3, 0.4) is 0 Å². The summed E-state index contributed by atoms with van der Waals surface area (Å²) in [6, 6.07) is 0.656. The third-order valence-corrected chi connectivity index (χ3v) is 2.91. The zero-order valence-corrected chi connectivity index (χ0v) is 9.48. The standard InChI is InChI=1S/C10H19N5/c1-14(6-9-4-3-5-11-9)7-10-13-12-8-15(10)2/h8-9,11H,3-7H2,1-2H3. The first-order valence-corrected chi connectivity index (χ1v) is 5.50. The number of hydrogen-bond acceptors (Lipinski definition) is 4. The van der Waals surface area contributed by atoms with Crippen LogP contribution in [0.4, 0.5) is 0 Å². The van der Waals surface area contributed by atoms with Crippen LogP contribution in [-0.2, 0) is 13.6 Å². The van der Waals surface area contributed by atoms with Crippen LogP contribution in [0, 0.1) is 0 Å². The lowest BCUT2D eigenvalue weighted by molar-refractivity contribution is 0.283. The molecule has 1 saturated heterocycles. The average Bonchev–Trinajstić information content (AvgIpc) is 2.79. The number of aromatic nitrogens is 3. The lowest BCUT2D eigenvalue weighted by Gasteiger charge is -2.20. The van der Waals surface area contributed by atoms with Gasteiger partial charge in [-0.1, -0.05) is 0 Å². The molecule has 15 heavy (non-hydrogen) atoms. The second kappa shape index (κ2) is 4.72. The van der Waals surface area contributed by atoms with Gasteiger partial charge in [0.05, 0.1) is 6.54 Å². The van der Waals surface area contributed by atoms with Crippen LogP contribution in [0.5, 0.6) is 0 Å². The summed E-state index contributed by atoms with van der Waals surface area (Å²) in [6.07, 6.45) is 4.35. The zero-order valence-electron chi connectivity index (χ0n) is 9.48. The number of likely N-dealkylation sites (N-methyl/N-ethyl adjacent to an activating group) is 1. The first-order valence-electron chi connectivity index (χ1n) is 5.50. The van der Waals surface area contributed by atoms with Crippen molar-refractivity contribution in [3.63, 3.8) is 0 Å². The predicted molar refractivity (Wildman–Crippen MR) is 58.4 cm³/mol. The van der Waals surface area contributed by atoms with E-state index in [1.807, 2.05) is 11.6 Å². The van der Waals surface area contributed by atoms with E-state index in [-0.39, 0.29) is 0 Å². The van der Waals surface area contributed by atoms with Crippen molar-refractivity contribution in [2.45, 2.75) is 25.4 Å². The molecule has 0 saturated carbocycles. The number of aryl methyl sites for hydroxylation is 1. The highest BCUT2D eigenvalue weighted by molar-refractivity contribution is 4.85. The Morgan fingerprint density at radius 3 is 3.13 bits per heavy atom. The van der Waals surface area contributed by atoms with Crippen molar-refractivity contribution in [1.82, 2.24) is 25.0 Å². The predicted octanol–water partition coefficient (Wildman–Crippen LogP) is -0.00110. The molecule has 0 bridgehead atoms. The fourth-order valence-electron chi connectivity index (χ4n) is 2.05. The summed E-state index contributed by atoms with van der Waals surface area (Å²) in [5.74, 6) is 1.02. The Hall–Kier alpha value is -0.940. The van der Waals surface area contributed by atoms with E-state index in [4.69, 9.17) is 0 Å². The van der Waals surface area contributed by atoms with Gasteiger partial charge in [0.2, 0.25) is 0 Å². The minimum absolute atomic E-state index is 0.656. The summed E-state index contributed by atoms with van der Waals surface area (Å²) in [6.45, 7) is 3.13. The molecule has 5 heteroatoms. The third-order valence-electron chi connectivity index (χ3n) is 2.91. The Bertz CT molecular complexity index is 303. The van der Waals surface area contributed by atoms with E-state index in [1.54, 1.807) is 6.33 Å². The maximum Gasteiger partial charge on any atom is 0.146 e. The summed E-state index contributed by atoms with van der Waals surface area (Å²) >= 11 is 0. The Balaban J connectivity index is 1.81. The molecular formula is C10H19N5. The highest BCUT2D eigenvalue weighted by atomic mass is 15.3. The molecule has 0 aliphatic carbocycles. The summed E-state index contributed by atoms with van der Waals surface area (Å²) in [5.41, 5.74) is 0. The van der Waals surface area contributed by atoms with Gasteiger partial charge in [-0.2, -0.15) is 0 Å². The highest BCUT2D eigenvalue weighted by Crippen LogP contribution is 2.07. The van der Waals surface area contributed by atoms with Gasteiger partial charge >= 0.3 is 0 Å². The number of nitrogens with one attached hydrogen (secondary N) is 1. The largest absolute Gasteiger partial charge is 0.320 e. The fourth-order valence-corrected chi connectivity index (χ4v) is 2.05. The third kappa shape index (κ3) is 2.76. The normalized spacial score (nSPS) is 21.4. The molecule has 5 nitrogen and oxygen atoms in total. The SMILES string of the molecule is CN(Cc1nncn1C)CC1CCCN1. The van der Waals surface area contributed by atoms with Gasteiger partial charge in [-0.05, 0) is 26.4 Å². The maximum atomic E-state index is 4.08. The quantitative estimate of drug-likeness (QED) is 0.758. The van der Waals surface area contributed by atoms with Crippen LogP contribution in [0.15, 0.2) is 6.33 Å². The van der Waals surface area contributed by atoms with Crippen molar-refractivity contribution >= 4 is 0 Å². The van der Waals surface area contributed by atoms with Crippen LogP contribution < -0.4 is 5.32 Å². The summed E-state index contributed by atoms with van der Waals surface area (Å²) in [7, 11) is 4.12. The average molecular weight is 209 g/mol. The summed E-state index contributed by atoms with van der Waals surface area (Å²) in [4.78, 5) is 2.30. The van der Waals surface area contributed by atoms with Crippen molar-refractivity contribution in [2.75, 3.05) is 20.1 Å². The van der Waals surface area contributed by atoms with E-state index in [9.17, 15) is 0 Å². The molecule has 84 valence electrons. The van der Waals surface area contributed by atoms with Crippen LogP contribution >= 0.6 is 0 Å². The van der Waals surface area contributed by atoms with E-state index in [0.29, 0.717) is 6.04 Å². The molecule has 1 aliphatic rings. The second-order valence-electron chi connectivity index (χ2n) is 4.35. The van der Waals surface area contributed by atoms with Crippen LogP contribution in [0.25, 0.3) is 0 Å². The minimum atomic E-state index is 0.656. The molecule has 2 heterocycles. The van der Waals surface area contributed by atoms with Gasteiger partial charge in [0.15, 0.2) is 0 Å². The van der Waals surface area contributed by atoms with Crippen LogP contribution in [-0.4, -0.2) is 45.8 Å². The first kappa shape index (κ1) is 10.6. The molecular weight excluding hydrogens is 190 g/mol. The highest BCUT2D eigenvalue weighted by Gasteiger charge is 2.16. The fraction of sp³-hybridized carbons (Fsp3) is 0.800. The smallest absolute Gasteiger partial charge is 0.146 e. The Kier molecular flexibility index (Phi) is 3.33. The van der Waals surface area contributed by atoms with Crippen molar-refractivity contribution in [1.29, 1.82) is 0 Å². The topological polar surface area (TPSA) is 46.0 Å². The zero-order chi connectivity index (χ0) is 10.7. The van der Waals surface area contributed by atoms with Gasteiger partial charge in [0.25, 0.3) is 0 Å². The summed E-state index contributed by atoms with van der Waals surface area (Å²) in [5, 5.41) is 11.5. The minimum Gasteiger partial charge on any atom is -0.320 e. The molecule has 0 aromatic carbocycles. The first-order chi connectivity index (χ1) is 7.25. The number of nitrogens with zero attached hydrogens (tertiary/aromatic N) is 4. The second-order valence-corrected chi connectivity index (χ2v) is 4.35. The lowest BCUT2D eigenvalue weighted by atomic mass is 10.2. The van der Waals surface area contributed by atoms with E-state index >= 15 is 0 Å². The lowest BCUT2D eigenvalue weighted by Crippen LogP contribution is -2.35. The van der Waals surface area contributed by atoms with Gasteiger partial charge in [0, 0.05) is 19.6 Å². The van der Waals surface area contributed by atoms with Gasteiger partial charge < -0.3 is 9.88 Å². The van der Waals surface area contributed by atoms with Crippen molar-refractivity contribution in [2.24, 2.45) is 7.05 Å². The molecule has 1 aromatic rings. The molecule has 1 aliphatic heterocycles. The molecule has 0 spiro atoms. The van der Waals surface area contributed by atoms with E-state index in [2.05, 4.69) is 27.5 Å².